The first kappa shape index (κ1) is 21.4. The van der Waals surface area contributed by atoms with Crippen molar-refractivity contribution in [3.8, 4) is 5.75 Å². The molecule has 2 atom stereocenters. The van der Waals surface area contributed by atoms with Crippen LogP contribution in [0.25, 0.3) is 10.9 Å². The highest BCUT2D eigenvalue weighted by Gasteiger charge is 2.27. The minimum Gasteiger partial charge on any atom is -0.484 e. The van der Waals surface area contributed by atoms with Gasteiger partial charge >= 0.3 is 0 Å². The van der Waals surface area contributed by atoms with Gasteiger partial charge in [0, 0.05) is 46.8 Å². The number of rotatable bonds is 5. The second-order valence-corrected chi connectivity index (χ2v) is 10.3. The van der Waals surface area contributed by atoms with E-state index in [4.69, 9.17) is 4.74 Å². The standard InChI is InChI=1S/C21H24FN5O3S/c1-12-6-14(27-31(2,3)29)8-16-20(12)21(25-11-24-16)26-15-5-4-13(22)7-18(15)30-19-10-23-9-17(19)28/h4-8,11,17,19,23,28H,9-10H2,1-3H3,(H,24,25,26)/t17-,19-/m0/s1. The average Bonchev–Trinajstić information content (AvgIpc) is 3.07. The van der Waals surface area contributed by atoms with E-state index >= 15 is 0 Å². The molecule has 0 amide bonds. The zero-order chi connectivity index (χ0) is 22.2. The number of β-amino-alcohol motifs (C(OH)–C–C–N with tert-alkyl or cyclic N) is 1. The van der Waals surface area contributed by atoms with Gasteiger partial charge in [-0.2, -0.15) is 4.36 Å². The molecular weight excluding hydrogens is 421 g/mol. The van der Waals surface area contributed by atoms with Gasteiger partial charge in [0.1, 0.15) is 35.9 Å². The van der Waals surface area contributed by atoms with Crippen molar-refractivity contribution in [3.05, 3.63) is 48.0 Å². The van der Waals surface area contributed by atoms with E-state index in [0.717, 1.165) is 10.9 Å². The maximum absolute atomic E-state index is 13.9. The summed E-state index contributed by atoms with van der Waals surface area (Å²) >= 11 is 0. The van der Waals surface area contributed by atoms with E-state index in [0.29, 0.717) is 35.8 Å². The van der Waals surface area contributed by atoms with Crippen LogP contribution in [0.15, 0.2) is 41.0 Å². The number of nitrogens with zero attached hydrogens (tertiary/aromatic N) is 3. The Balaban J connectivity index is 1.73. The monoisotopic (exact) mass is 445 g/mol. The number of aliphatic hydroxyl groups excluding tert-OH is 1. The predicted octanol–water partition coefficient (Wildman–Crippen LogP) is 2.89. The Morgan fingerprint density at radius 1 is 1.26 bits per heavy atom. The number of hydrogen-bond donors (Lipinski definition) is 3. The molecule has 0 saturated carbocycles. The molecule has 0 unspecified atom stereocenters. The van der Waals surface area contributed by atoms with Crippen molar-refractivity contribution >= 4 is 37.8 Å². The van der Waals surface area contributed by atoms with Crippen LogP contribution in [0.5, 0.6) is 5.75 Å². The Bertz CT molecular complexity index is 1250. The van der Waals surface area contributed by atoms with Gasteiger partial charge in [0.25, 0.3) is 0 Å². The number of aliphatic hydroxyl groups is 1. The van der Waals surface area contributed by atoms with Crippen LogP contribution in [-0.2, 0) is 9.73 Å². The van der Waals surface area contributed by atoms with Crippen LogP contribution in [0, 0.1) is 12.7 Å². The Kier molecular flexibility index (Phi) is 5.78. The molecule has 1 aliphatic rings. The van der Waals surface area contributed by atoms with Crippen LogP contribution in [0.4, 0.5) is 21.6 Å². The summed E-state index contributed by atoms with van der Waals surface area (Å²) in [6.07, 6.45) is 3.41. The largest absolute Gasteiger partial charge is 0.484 e. The lowest BCUT2D eigenvalue weighted by Crippen LogP contribution is -2.30. The first-order valence-electron chi connectivity index (χ1n) is 9.74. The highest BCUT2D eigenvalue weighted by molar-refractivity contribution is 7.92. The van der Waals surface area contributed by atoms with E-state index in [9.17, 15) is 13.7 Å². The number of ether oxygens (including phenoxy) is 1. The smallest absolute Gasteiger partial charge is 0.146 e. The third-order valence-corrected chi connectivity index (χ3v) is 5.50. The first-order chi connectivity index (χ1) is 14.7. The molecule has 2 aromatic carbocycles. The molecule has 31 heavy (non-hydrogen) atoms. The van der Waals surface area contributed by atoms with E-state index in [1.165, 1.54) is 18.5 Å². The quantitative estimate of drug-likeness (QED) is 0.554. The summed E-state index contributed by atoms with van der Waals surface area (Å²) in [4.78, 5) is 8.69. The van der Waals surface area contributed by atoms with Gasteiger partial charge in [-0.3, -0.25) is 0 Å². The number of fused-ring (bicyclic) bond motifs is 1. The second kappa shape index (κ2) is 8.37. The molecule has 8 nitrogen and oxygen atoms in total. The van der Waals surface area contributed by atoms with Crippen LogP contribution in [0.1, 0.15) is 5.56 Å². The first-order valence-corrected chi connectivity index (χ1v) is 12.1. The maximum Gasteiger partial charge on any atom is 0.146 e. The third kappa shape index (κ3) is 4.92. The highest BCUT2D eigenvalue weighted by Crippen LogP contribution is 2.34. The van der Waals surface area contributed by atoms with Crippen molar-refractivity contribution in [2.75, 3.05) is 30.9 Å². The van der Waals surface area contributed by atoms with Gasteiger partial charge in [0.05, 0.1) is 16.9 Å². The van der Waals surface area contributed by atoms with Gasteiger partial charge < -0.3 is 20.5 Å². The zero-order valence-corrected chi connectivity index (χ0v) is 18.2. The van der Waals surface area contributed by atoms with E-state index in [1.54, 1.807) is 24.6 Å². The number of anilines is 2. The fourth-order valence-electron chi connectivity index (χ4n) is 3.52. The predicted molar refractivity (Wildman–Crippen MR) is 119 cm³/mol. The van der Waals surface area contributed by atoms with Crippen molar-refractivity contribution in [2.45, 2.75) is 19.1 Å². The summed E-state index contributed by atoms with van der Waals surface area (Å²) in [6.45, 7) is 2.79. The van der Waals surface area contributed by atoms with Crippen molar-refractivity contribution in [1.29, 1.82) is 0 Å². The molecule has 0 aliphatic carbocycles. The summed E-state index contributed by atoms with van der Waals surface area (Å²) in [5, 5.41) is 17.0. The zero-order valence-electron chi connectivity index (χ0n) is 17.4. The van der Waals surface area contributed by atoms with Gasteiger partial charge in [-0.25, -0.2) is 18.6 Å². The van der Waals surface area contributed by atoms with Crippen LogP contribution in [0.3, 0.4) is 0 Å². The normalized spacial score (nSPS) is 18.9. The molecule has 4 rings (SSSR count). The minimum atomic E-state index is -2.31. The van der Waals surface area contributed by atoms with Crippen LogP contribution in [-0.4, -0.2) is 57.1 Å². The topological polar surface area (TPSA) is 109 Å². The molecule has 2 heterocycles. The molecule has 3 N–H and O–H groups in total. The fraction of sp³-hybridized carbons (Fsp3) is 0.333. The summed E-state index contributed by atoms with van der Waals surface area (Å²) in [5.41, 5.74) is 2.58. The van der Waals surface area contributed by atoms with Crippen LogP contribution < -0.4 is 15.4 Å². The van der Waals surface area contributed by atoms with Crippen molar-refractivity contribution in [2.24, 2.45) is 4.36 Å². The van der Waals surface area contributed by atoms with Crippen molar-refractivity contribution in [1.82, 2.24) is 15.3 Å². The Labute approximate surface area is 180 Å². The van der Waals surface area contributed by atoms with Crippen LogP contribution in [0.2, 0.25) is 0 Å². The molecule has 0 bridgehead atoms. The number of aryl methyl sites for hydroxylation is 1. The molecule has 10 heteroatoms. The molecule has 3 aromatic rings. The van der Waals surface area contributed by atoms with Gasteiger partial charge in [-0.15, -0.1) is 0 Å². The molecule has 1 aliphatic heterocycles. The highest BCUT2D eigenvalue weighted by atomic mass is 32.2. The van der Waals surface area contributed by atoms with Gasteiger partial charge in [-0.05, 0) is 36.8 Å². The minimum absolute atomic E-state index is 0.278. The Morgan fingerprint density at radius 2 is 2.06 bits per heavy atom. The molecule has 0 spiro atoms. The average molecular weight is 446 g/mol. The van der Waals surface area contributed by atoms with Gasteiger partial charge in [0.15, 0.2) is 0 Å². The van der Waals surface area contributed by atoms with E-state index < -0.39 is 27.8 Å². The van der Waals surface area contributed by atoms with Crippen molar-refractivity contribution in [3.63, 3.8) is 0 Å². The number of halogens is 1. The molecule has 1 saturated heterocycles. The maximum atomic E-state index is 13.9. The van der Waals surface area contributed by atoms with E-state index in [1.807, 2.05) is 13.0 Å². The van der Waals surface area contributed by atoms with E-state index in [-0.39, 0.29) is 5.75 Å². The molecule has 0 radical (unpaired) electrons. The van der Waals surface area contributed by atoms with Crippen LogP contribution >= 0.6 is 0 Å². The van der Waals surface area contributed by atoms with Crippen molar-refractivity contribution < 1.29 is 18.4 Å². The molecule has 164 valence electrons. The van der Waals surface area contributed by atoms with E-state index in [2.05, 4.69) is 25.0 Å². The summed E-state index contributed by atoms with van der Waals surface area (Å²) < 4.78 is 36.1. The lowest BCUT2D eigenvalue weighted by atomic mass is 10.1. The lowest BCUT2D eigenvalue weighted by molar-refractivity contribution is 0.0740. The summed E-state index contributed by atoms with van der Waals surface area (Å²) in [5.74, 6) is 0.350. The number of hydrogen-bond acceptors (Lipinski definition) is 8. The summed E-state index contributed by atoms with van der Waals surface area (Å²) in [7, 11) is -2.31. The third-order valence-electron chi connectivity index (χ3n) is 4.85. The number of aromatic nitrogens is 2. The summed E-state index contributed by atoms with van der Waals surface area (Å²) in [6, 6.07) is 7.75. The van der Waals surface area contributed by atoms with Gasteiger partial charge in [0.2, 0.25) is 0 Å². The fourth-order valence-corrected chi connectivity index (χ4v) is 4.14. The molecule has 1 fully saturated rings. The number of nitrogens with one attached hydrogen (secondary N) is 2. The second-order valence-electron chi connectivity index (χ2n) is 7.80. The van der Waals surface area contributed by atoms with Gasteiger partial charge in [-0.1, -0.05) is 0 Å². The molecule has 1 aromatic heterocycles. The lowest BCUT2D eigenvalue weighted by Gasteiger charge is -2.20. The number of benzene rings is 2. The molecular formula is C21H24FN5O3S. The SMILES string of the molecule is Cc1cc(N=S(C)(C)=O)cc2ncnc(Nc3ccc(F)cc3O[C@H]3CNC[C@@H]3O)c12. The Hall–Kier alpha value is -2.82. The Morgan fingerprint density at radius 3 is 2.77 bits per heavy atom.